The predicted octanol–water partition coefficient (Wildman–Crippen LogP) is 5.83. The van der Waals surface area contributed by atoms with Gasteiger partial charge in [-0.1, -0.05) is 60.7 Å². The number of benzene rings is 3. The number of anilines is 1. The van der Waals surface area contributed by atoms with Crippen LogP contribution in [0, 0.1) is 13.8 Å². The lowest BCUT2D eigenvalue weighted by Gasteiger charge is -2.28. The molecule has 0 spiro atoms. The lowest BCUT2D eigenvalue weighted by molar-refractivity contribution is -0.117. The van der Waals surface area contributed by atoms with Gasteiger partial charge in [-0.05, 0) is 48.7 Å². The minimum atomic E-state index is -0.773. The van der Waals surface area contributed by atoms with Crippen molar-refractivity contribution in [3.8, 4) is 0 Å². The van der Waals surface area contributed by atoms with E-state index in [2.05, 4.69) is 0 Å². The molecule has 3 aromatic carbocycles. The van der Waals surface area contributed by atoms with Gasteiger partial charge in [-0.15, -0.1) is 0 Å². The average molecular weight is 423 g/mol. The molecule has 158 valence electrons. The fourth-order valence-electron chi connectivity index (χ4n) is 4.26. The van der Waals surface area contributed by atoms with Gasteiger partial charge in [0.25, 0.3) is 5.91 Å². The van der Waals surface area contributed by atoms with Gasteiger partial charge in [0.2, 0.25) is 5.78 Å². The third kappa shape index (κ3) is 3.02. The molecule has 1 atom stereocenters. The summed E-state index contributed by atoms with van der Waals surface area (Å²) in [6.07, 6.45) is 0. The highest BCUT2D eigenvalue weighted by atomic mass is 16.3. The molecule has 0 saturated carbocycles. The first kappa shape index (κ1) is 19.8. The van der Waals surface area contributed by atoms with Crippen molar-refractivity contribution in [2.75, 3.05) is 4.90 Å². The highest BCUT2D eigenvalue weighted by Gasteiger charge is 2.45. The number of nitrogens with zero attached hydrogens (tertiary/aromatic N) is 1. The van der Waals surface area contributed by atoms with Crippen LogP contribution in [0.4, 0.5) is 5.69 Å². The molecule has 0 aliphatic carbocycles. The van der Waals surface area contributed by atoms with Crippen LogP contribution in [-0.2, 0) is 4.79 Å². The molecule has 1 aliphatic rings. The van der Waals surface area contributed by atoms with Gasteiger partial charge in [-0.2, -0.15) is 0 Å². The molecular formula is C27H21NO4. The maximum Gasteiger partial charge on any atom is 0.294 e. The zero-order chi connectivity index (χ0) is 22.4. The number of rotatable bonds is 4. The number of hydrogen-bond donors (Lipinski definition) is 1. The van der Waals surface area contributed by atoms with Crippen LogP contribution < -0.4 is 4.90 Å². The summed E-state index contributed by atoms with van der Waals surface area (Å²) < 4.78 is 5.77. The van der Waals surface area contributed by atoms with Gasteiger partial charge >= 0.3 is 0 Å². The fourth-order valence-corrected chi connectivity index (χ4v) is 4.26. The lowest BCUT2D eigenvalue weighted by atomic mass is 9.94. The Labute approximate surface area is 185 Å². The summed E-state index contributed by atoms with van der Waals surface area (Å²) in [6.45, 7) is 3.89. The first-order valence-corrected chi connectivity index (χ1v) is 10.4. The molecule has 4 aromatic rings. The summed E-state index contributed by atoms with van der Waals surface area (Å²) >= 11 is 0. The maximum atomic E-state index is 13.6. The van der Waals surface area contributed by atoms with E-state index in [0.717, 1.165) is 22.1 Å². The molecule has 0 bridgehead atoms. The Balaban J connectivity index is 1.69. The maximum absolute atomic E-state index is 13.6. The van der Waals surface area contributed by atoms with E-state index in [0.29, 0.717) is 11.3 Å². The topological polar surface area (TPSA) is 70.8 Å². The molecule has 0 saturated heterocycles. The number of furan rings is 1. The molecule has 0 radical (unpaired) electrons. The van der Waals surface area contributed by atoms with Crippen LogP contribution in [0.5, 0.6) is 0 Å². The second kappa shape index (κ2) is 7.54. The van der Waals surface area contributed by atoms with Gasteiger partial charge in [0.05, 0.1) is 11.6 Å². The van der Waals surface area contributed by atoms with E-state index >= 15 is 0 Å². The third-order valence-corrected chi connectivity index (χ3v) is 6.05. The minimum Gasteiger partial charge on any atom is -0.503 e. The van der Waals surface area contributed by atoms with Crippen molar-refractivity contribution in [3.63, 3.8) is 0 Å². The van der Waals surface area contributed by atoms with Crippen molar-refractivity contribution in [1.29, 1.82) is 0 Å². The summed E-state index contributed by atoms with van der Waals surface area (Å²) in [4.78, 5) is 28.4. The predicted molar refractivity (Wildman–Crippen MR) is 123 cm³/mol. The van der Waals surface area contributed by atoms with Crippen LogP contribution in [0.3, 0.4) is 0 Å². The second-order valence-electron chi connectivity index (χ2n) is 7.95. The number of ketones is 1. The first-order chi connectivity index (χ1) is 15.5. The largest absolute Gasteiger partial charge is 0.503 e. The highest BCUT2D eigenvalue weighted by molar-refractivity contribution is 6.20. The molecule has 5 heteroatoms. The molecule has 1 unspecified atom stereocenters. The Morgan fingerprint density at radius 3 is 2.41 bits per heavy atom. The number of aliphatic hydroxyl groups excluding tert-OH is 1. The smallest absolute Gasteiger partial charge is 0.294 e. The molecule has 2 heterocycles. The van der Waals surface area contributed by atoms with E-state index in [1.807, 2.05) is 80.6 Å². The SMILES string of the molecule is Cc1cccc(N2C(=O)C(O)=C(C(=O)c3cc4ccccc4o3)C2c2ccccc2)c1C. The quantitative estimate of drug-likeness (QED) is 0.419. The summed E-state index contributed by atoms with van der Waals surface area (Å²) in [7, 11) is 0. The van der Waals surface area contributed by atoms with Crippen LogP contribution in [0.1, 0.15) is 33.3 Å². The lowest BCUT2D eigenvalue weighted by Crippen LogP contribution is -2.31. The molecule has 5 nitrogen and oxygen atoms in total. The molecule has 1 amide bonds. The van der Waals surface area contributed by atoms with Crippen molar-refractivity contribution in [2.24, 2.45) is 0 Å². The second-order valence-corrected chi connectivity index (χ2v) is 7.95. The molecule has 1 aliphatic heterocycles. The Morgan fingerprint density at radius 2 is 1.66 bits per heavy atom. The summed E-state index contributed by atoms with van der Waals surface area (Å²) in [6, 6.07) is 23.1. The minimum absolute atomic E-state index is 0.0150. The van der Waals surface area contributed by atoms with E-state index < -0.39 is 23.5 Å². The van der Waals surface area contributed by atoms with Gasteiger partial charge in [-0.25, -0.2) is 0 Å². The number of aliphatic hydroxyl groups is 1. The van der Waals surface area contributed by atoms with Gasteiger partial charge in [-0.3, -0.25) is 14.5 Å². The van der Waals surface area contributed by atoms with Crippen LogP contribution >= 0.6 is 0 Å². The first-order valence-electron chi connectivity index (χ1n) is 10.4. The van der Waals surface area contributed by atoms with Crippen molar-refractivity contribution in [2.45, 2.75) is 19.9 Å². The summed E-state index contributed by atoms with van der Waals surface area (Å²) in [5.41, 5.74) is 3.89. The monoisotopic (exact) mass is 423 g/mol. The van der Waals surface area contributed by atoms with Crippen LogP contribution in [0.2, 0.25) is 0 Å². The molecule has 1 aromatic heterocycles. The van der Waals surface area contributed by atoms with Gasteiger partial charge in [0.15, 0.2) is 11.5 Å². The van der Waals surface area contributed by atoms with E-state index in [1.165, 1.54) is 4.90 Å². The molecule has 1 N–H and O–H groups in total. The Kier molecular flexibility index (Phi) is 4.67. The number of para-hydroxylation sites is 1. The zero-order valence-corrected chi connectivity index (χ0v) is 17.7. The molecular weight excluding hydrogens is 402 g/mol. The normalized spacial score (nSPS) is 16.2. The average Bonchev–Trinajstić information content (AvgIpc) is 3.35. The summed E-state index contributed by atoms with van der Waals surface area (Å²) in [5.74, 6) is -1.57. The Hall–Kier alpha value is -4.12. The van der Waals surface area contributed by atoms with E-state index in [4.69, 9.17) is 4.42 Å². The van der Waals surface area contributed by atoms with Crippen molar-refractivity contribution < 1.29 is 19.1 Å². The third-order valence-electron chi connectivity index (χ3n) is 6.05. The fraction of sp³-hybridized carbons (Fsp3) is 0.111. The number of carbonyl (C=O) groups excluding carboxylic acids is 2. The van der Waals surface area contributed by atoms with Crippen LogP contribution in [-0.4, -0.2) is 16.8 Å². The van der Waals surface area contributed by atoms with Gasteiger partial charge < -0.3 is 9.52 Å². The van der Waals surface area contributed by atoms with Crippen molar-refractivity contribution in [3.05, 3.63) is 113 Å². The van der Waals surface area contributed by atoms with Gasteiger partial charge in [0, 0.05) is 11.1 Å². The van der Waals surface area contributed by atoms with Crippen molar-refractivity contribution in [1.82, 2.24) is 0 Å². The van der Waals surface area contributed by atoms with Gasteiger partial charge in [0.1, 0.15) is 5.58 Å². The summed E-state index contributed by atoms with van der Waals surface area (Å²) in [5, 5.41) is 11.7. The number of aryl methyl sites for hydroxylation is 1. The molecule has 5 rings (SSSR count). The van der Waals surface area contributed by atoms with Crippen LogP contribution in [0.25, 0.3) is 11.0 Å². The van der Waals surface area contributed by atoms with Crippen molar-refractivity contribution >= 4 is 28.3 Å². The van der Waals surface area contributed by atoms with E-state index in [-0.39, 0.29) is 11.3 Å². The number of fused-ring (bicyclic) bond motifs is 1. The highest BCUT2D eigenvalue weighted by Crippen LogP contribution is 2.43. The Morgan fingerprint density at radius 1 is 0.938 bits per heavy atom. The number of Topliss-reactive ketones (excluding diaryl/α,β-unsaturated/α-hetero) is 1. The molecule has 0 fully saturated rings. The van der Waals surface area contributed by atoms with Crippen LogP contribution in [0.15, 0.2) is 94.6 Å². The van der Waals surface area contributed by atoms with E-state index in [1.54, 1.807) is 12.1 Å². The number of hydrogen-bond acceptors (Lipinski definition) is 4. The van der Waals surface area contributed by atoms with E-state index in [9.17, 15) is 14.7 Å². The number of amides is 1. The zero-order valence-electron chi connectivity index (χ0n) is 17.7. The molecule has 32 heavy (non-hydrogen) atoms. The Bertz CT molecular complexity index is 1360. The number of carbonyl (C=O) groups is 2. The standard InChI is InChI=1S/C27H21NO4/c1-16-9-8-13-20(17(16)2)28-24(18-10-4-3-5-11-18)23(26(30)27(28)31)25(29)22-15-19-12-6-7-14-21(19)32-22/h3-15,24,30H,1-2H3.